The van der Waals surface area contributed by atoms with Gasteiger partial charge in [0.15, 0.2) is 0 Å². The number of aryl methyl sites for hydroxylation is 1. The predicted molar refractivity (Wildman–Crippen MR) is 71.5 cm³/mol. The molecule has 0 bridgehead atoms. The average molecular weight is 238 g/mol. The Labute approximate surface area is 107 Å². The maximum Gasteiger partial charge on any atom is 0.222 e. The average Bonchev–Trinajstić information content (AvgIpc) is 2.80. The molecule has 1 unspecified atom stereocenters. The molecular formula is C15H16N3. The highest BCUT2D eigenvalue weighted by atomic mass is 15.1. The molecule has 18 heavy (non-hydrogen) atoms. The minimum Gasteiger partial charge on any atom is -0.351 e. The van der Waals surface area contributed by atoms with Crippen molar-refractivity contribution in [2.24, 2.45) is 0 Å². The zero-order valence-corrected chi connectivity index (χ0v) is 10.5. The summed E-state index contributed by atoms with van der Waals surface area (Å²) in [5.74, 6) is 0.697. The molecule has 3 nitrogen and oxygen atoms in total. The molecule has 0 aliphatic heterocycles. The smallest absolute Gasteiger partial charge is 0.222 e. The number of hydrogen-bond acceptors (Lipinski definition) is 3. The van der Waals surface area contributed by atoms with Gasteiger partial charge in [-0.15, -0.1) is 0 Å². The van der Waals surface area contributed by atoms with Crippen LogP contribution in [0.25, 0.3) is 0 Å². The lowest BCUT2D eigenvalue weighted by atomic mass is 10.1. The number of nitrogens with zero attached hydrogens (tertiary/aromatic N) is 2. The van der Waals surface area contributed by atoms with E-state index in [-0.39, 0.29) is 0 Å². The number of fused-ring (bicyclic) bond motifs is 1. The summed E-state index contributed by atoms with van der Waals surface area (Å²) in [6, 6.07) is 10.1. The van der Waals surface area contributed by atoms with E-state index in [4.69, 9.17) is 0 Å². The fourth-order valence-corrected chi connectivity index (χ4v) is 2.51. The summed E-state index contributed by atoms with van der Waals surface area (Å²) in [6.07, 6.45) is 6.51. The lowest BCUT2D eigenvalue weighted by molar-refractivity contribution is 0.761. The van der Waals surface area contributed by atoms with Crippen LogP contribution in [-0.4, -0.2) is 16.0 Å². The lowest BCUT2D eigenvalue weighted by Crippen LogP contribution is -2.20. The van der Waals surface area contributed by atoms with E-state index in [0.717, 1.165) is 19.3 Å². The number of aromatic nitrogens is 2. The third-order valence-corrected chi connectivity index (χ3v) is 3.47. The molecule has 1 heterocycles. The third-order valence-electron chi connectivity index (χ3n) is 3.47. The molecule has 2 aromatic rings. The van der Waals surface area contributed by atoms with Gasteiger partial charge in [0.2, 0.25) is 5.95 Å². The minimum atomic E-state index is 0.412. The van der Waals surface area contributed by atoms with Crippen molar-refractivity contribution in [2.45, 2.75) is 32.2 Å². The van der Waals surface area contributed by atoms with Gasteiger partial charge >= 0.3 is 0 Å². The molecule has 3 heteroatoms. The monoisotopic (exact) mass is 238 g/mol. The normalized spacial score (nSPS) is 17.5. The Balaban J connectivity index is 1.73. The molecular weight excluding hydrogens is 222 g/mol. The van der Waals surface area contributed by atoms with Gasteiger partial charge in [0.25, 0.3) is 0 Å². The van der Waals surface area contributed by atoms with E-state index in [1.54, 1.807) is 12.4 Å². The summed E-state index contributed by atoms with van der Waals surface area (Å²) in [4.78, 5) is 8.32. The first-order valence-electron chi connectivity index (χ1n) is 6.40. The molecule has 1 atom stereocenters. The Morgan fingerprint density at radius 2 is 2.00 bits per heavy atom. The third kappa shape index (κ3) is 2.21. The van der Waals surface area contributed by atoms with Crippen molar-refractivity contribution in [1.29, 1.82) is 0 Å². The Kier molecular flexibility index (Phi) is 2.97. The summed E-state index contributed by atoms with van der Waals surface area (Å²) >= 11 is 0. The molecule has 1 N–H and O–H groups in total. The second-order valence-corrected chi connectivity index (χ2v) is 4.71. The van der Waals surface area contributed by atoms with Gasteiger partial charge < -0.3 is 5.32 Å². The molecule has 0 amide bonds. The van der Waals surface area contributed by atoms with Crippen molar-refractivity contribution in [1.82, 2.24) is 9.97 Å². The highest BCUT2D eigenvalue weighted by molar-refractivity contribution is 5.40. The van der Waals surface area contributed by atoms with Gasteiger partial charge in [-0.25, -0.2) is 9.97 Å². The van der Waals surface area contributed by atoms with E-state index < -0.39 is 0 Å². The fraction of sp³-hybridized carbons (Fsp3) is 0.333. The molecule has 0 saturated carbocycles. The fourth-order valence-electron chi connectivity index (χ4n) is 2.51. The van der Waals surface area contributed by atoms with Gasteiger partial charge in [0.1, 0.15) is 0 Å². The summed E-state index contributed by atoms with van der Waals surface area (Å²) in [5, 5.41) is 3.38. The second-order valence-electron chi connectivity index (χ2n) is 4.71. The molecule has 1 aromatic carbocycles. The van der Waals surface area contributed by atoms with Crippen LogP contribution in [0.2, 0.25) is 0 Å². The van der Waals surface area contributed by atoms with Crippen molar-refractivity contribution in [3.05, 3.63) is 53.3 Å². The maximum absolute atomic E-state index is 4.16. The van der Waals surface area contributed by atoms with E-state index in [1.165, 1.54) is 16.7 Å². The second kappa shape index (κ2) is 4.77. The standard InChI is InChI=1S/C15H16N3/c1-2-11-4-5-12-9-14(10-13(12)8-11)18-15-16-6-3-7-17-15/h4-8,14H,2,9-10H2,1H3,(H,16,17,18). The summed E-state index contributed by atoms with van der Waals surface area (Å²) in [5.41, 5.74) is 4.33. The van der Waals surface area contributed by atoms with E-state index in [9.17, 15) is 0 Å². The van der Waals surface area contributed by atoms with E-state index in [1.807, 2.05) is 0 Å². The zero-order valence-electron chi connectivity index (χ0n) is 10.5. The Bertz CT molecular complexity index is 537. The van der Waals surface area contributed by atoms with E-state index >= 15 is 0 Å². The maximum atomic E-state index is 4.16. The van der Waals surface area contributed by atoms with Crippen molar-refractivity contribution in [3.63, 3.8) is 0 Å². The molecule has 0 fully saturated rings. The van der Waals surface area contributed by atoms with Crippen LogP contribution in [0, 0.1) is 6.07 Å². The minimum absolute atomic E-state index is 0.412. The van der Waals surface area contributed by atoms with Gasteiger partial charge in [-0.2, -0.15) is 0 Å². The number of hydrogen-bond donors (Lipinski definition) is 1. The van der Waals surface area contributed by atoms with E-state index in [2.05, 4.69) is 46.5 Å². The first-order valence-corrected chi connectivity index (χ1v) is 6.40. The molecule has 1 aliphatic rings. The molecule has 1 aliphatic carbocycles. The quantitative estimate of drug-likeness (QED) is 0.892. The number of rotatable bonds is 3. The Morgan fingerprint density at radius 1 is 1.22 bits per heavy atom. The Morgan fingerprint density at radius 3 is 2.78 bits per heavy atom. The molecule has 1 radical (unpaired) electrons. The molecule has 1 aromatic heterocycles. The number of nitrogens with one attached hydrogen (secondary N) is 1. The van der Waals surface area contributed by atoms with Gasteiger partial charge in [-0.05, 0) is 36.0 Å². The van der Waals surface area contributed by atoms with Crippen LogP contribution in [0.1, 0.15) is 23.6 Å². The summed E-state index contributed by atoms with van der Waals surface area (Å²) in [7, 11) is 0. The van der Waals surface area contributed by atoms with Crippen LogP contribution < -0.4 is 5.32 Å². The number of benzene rings is 1. The van der Waals surface area contributed by atoms with Gasteiger partial charge in [0, 0.05) is 24.5 Å². The lowest BCUT2D eigenvalue weighted by Gasteiger charge is -2.10. The van der Waals surface area contributed by atoms with Crippen LogP contribution in [0.15, 0.2) is 30.6 Å². The van der Waals surface area contributed by atoms with Crippen LogP contribution in [0.4, 0.5) is 5.95 Å². The van der Waals surface area contributed by atoms with Crippen LogP contribution >= 0.6 is 0 Å². The van der Waals surface area contributed by atoms with Crippen LogP contribution in [-0.2, 0) is 19.3 Å². The molecule has 0 saturated heterocycles. The van der Waals surface area contributed by atoms with Gasteiger partial charge in [-0.1, -0.05) is 25.1 Å². The number of anilines is 1. The van der Waals surface area contributed by atoms with Crippen molar-refractivity contribution in [2.75, 3.05) is 5.32 Å². The molecule has 91 valence electrons. The van der Waals surface area contributed by atoms with E-state index in [0.29, 0.717) is 12.0 Å². The molecule has 0 spiro atoms. The Hall–Kier alpha value is -1.90. The first kappa shape index (κ1) is 11.2. The van der Waals surface area contributed by atoms with Crippen molar-refractivity contribution in [3.8, 4) is 0 Å². The summed E-state index contributed by atoms with van der Waals surface area (Å²) < 4.78 is 0. The van der Waals surface area contributed by atoms with Gasteiger partial charge in [0.05, 0.1) is 0 Å². The summed E-state index contributed by atoms with van der Waals surface area (Å²) in [6.45, 7) is 2.20. The van der Waals surface area contributed by atoms with Crippen molar-refractivity contribution < 1.29 is 0 Å². The first-order chi connectivity index (χ1) is 8.85. The highest BCUT2D eigenvalue weighted by Gasteiger charge is 2.21. The van der Waals surface area contributed by atoms with Crippen molar-refractivity contribution >= 4 is 5.95 Å². The molecule has 3 rings (SSSR count). The predicted octanol–water partition coefficient (Wildman–Crippen LogP) is 2.42. The van der Waals surface area contributed by atoms with Gasteiger partial charge in [-0.3, -0.25) is 0 Å². The van der Waals surface area contributed by atoms with Crippen LogP contribution in [0.3, 0.4) is 0 Å². The highest BCUT2D eigenvalue weighted by Crippen LogP contribution is 2.25. The largest absolute Gasteiger partial charge is 0.351 e. The topological polar surface area (TPSA) is 37.8 Å². The van der Waals surface area contributed by atoms with Crippen LogP contribution in [0.5, 0.6) is 0 Å². The zero-order chi connectivity index (χ0) is 12.4. The SMILES string of the molecule is CCc1ccc2c(c1)CC(Nc1nc[c]cn1)C2.